The molecule has 1 unspecified atom stereocenters. The van der Waals surface area contributed by atoms with Gasteiger partial charge in [-0.3, -0.25) is 0 Å². The average molecular weight is 244 g/mol. The Morgan fingerprint density at radius 1 is 1.19 bits per heavy atom. The van der Waals surface area contributed by atoms with Crippen LogP contribution in [0.15, 0.2) is 0 Å². The van der Waals surface area contributed by atoms with Gasteiger partial charge in [0.15, 0.2) is 0 Å². The largest absolute Gasteiger partial charge is 0.137 e. The molecule has 96 valence electrons. The molecule has 16 heavy (non-hydrogen) atoms. The lowest BCUT2D eigenvalue weighted by molar-refractivity contribution is 0.282. The van der Waals surface area contributed by atoms with Crippen LogP contribution in [0, 0.1) is 5.92 Å². The van der Waals surface area contributed by atoms with Crippen molar-refractivity contribution in [3.8, 4) is 0 Å². The summed E-state index contributed by atoms with van der Waals surface area (Å²) in [6, 6.07) is 0.770. The third-order valence-corrected chi connectivity index (χ3v) is 4.52. The molecule has 2 heteroatoms. The Bertz CT molecular complexity index is 180. The van der Waals surface area contributed by atoms with Crippen LogP contribution in [0.25, 0.3) is 0 Å². The van der Waals surface area contributed by atoms with Crippen LogP contribution in [0.1, 0.15) is 72.6 Å². The molecule has 1 saturated carbocycles. The Kier molecular flexibility index (Phi) is 6.20. The first kappa shape index (κ1) is 14.4. The monoisotopic (exact) mass is 244 g/mol. The van der Waals surface area contributed by atoms with Crippen LogP contribution in [0.5, 0.6) is 0 Å². The molecule has 1 atom stereocenters. The van der Waals surface area contributed by atoms with E-state index >= 15 is 0 Å². The number of thiol groups is 1. The molecular formula is C14H30NS+. The molecule has 1 fully saturated rings. The van der Waals surface area contributed by atoms with Crippen molar-refractivity contribution in [1.82, 2.24) is 4.72 Å². The summed E-state index contributed by atoms with van der Waals surface area (Å²) in [5.41, 5.74) is 0. The van der Waals surface area contributed by atoms with Gasteiger partial charge >= 0.3 is 0 Å². The maximum Gasteiger partial charge on any atom is 0.136 e. The Labute approximate surface area is 106 Å². The van der Waals surface area contributed by atoms with Crippen molar-refractivity contribution in [3.05, 3.63) is 0 Å². The van der Waals surface area contributed by atoms with E-state index in [9.17, 15) is 0 Å². The van der Waals surface area contributed by atoms with Gasteiger partial charge in [-0.2, -0.15) is 0 Å². The number of hydrogen-bond donors (Lipinski definition) is 1. The summed E-state index contributed by atoms with van der Waals surface area (Å²) < 4.78 is 4.19. The summed E-state index contributed by atoms with van der Waals surface area (Å²) >= 11 is 1.42. The predicted molar refractivity (Wildman–Crippen MR) is 76.9 cm³/mol. The zero-order valence-electron chi connectivity index (χ0n) is 11.6. The SMILES string of the molecule is CCCC(N[SH+]C(C)(C)C)C1CCCCC1. The molecule has 0 aromatic rings. The van der Waals surface area contributed by atoms with E-state index in [2.05, 4.69) is 32.4 Å². The maximum absolute atomic E-state index is 3.80. The van der Waals surface area contributed by atoms with Gasteiger partial charge in [-0.15, -0.1) is 4.72 Å². The normalized spacial score (nSPS) is 21.0. The van der Waals surface area contributed by atoms with Crippen molar-refractivity contribution in [2.75, 3.05) is 0 Å². The molecule has 1 aliphatic carbocycles. The van der Waals surface area contributed by atoms with Crippen molar-refractivity contribution in [1.29, 1.82) is 0 Å². The van der Waals surface area contributed by atoms with Crippen LogP contribution >= 0.6 is 0 Å². The van der Waals surface area contributed by atoms with Crippen molar-refractivity contribution in [3.63, 3.8) is 0 Å². The summed E-state index contributed by atoms with van der Waals surface area (Å²) in [4.78, 5) is 0. The van der Waals surface area contributed by atoms with Gasteiger partial charge in [0.25, 0.3) is 0 Å². The van der Waals surface area contributed by atoms with Gasteiger partial charge in [-0.05, 0) is 46.0 Å². The van der Waals surface area contributed by atoms with Gasteiger partial charge in [0.2, 0.25) is 0 Å². The van der Waals surface area contributed by atoms with E-state index in [4.69, 9.17) is 0 Å². The molecule has 0 spiro atoms. The van der Waals surface area contributed by atoms with Crippen molar-refractivity contribution < 1.29 is 0 Å². The van der Waals surface area contributed by atoms with Crippen LogP contribution in [-0.2, 0) is 11.9 Å². The van der Waals surface area contributed by atoms with E-state index in [1.807, 2.05) is 0 Å². The number of hydrogen-bond acceptors (Lipinski definition) is 1. The molecule has 1 N–H and O–H groups in total. The van der Waals surface area contributed by atoms with E-state index in [-0.39, 0.29) is 0 Å². The number of nitrogens with one attached hydrogen (secondary N) is 1. The first-order valence-corrected chi connectivity index (χ1v) is 7.90. The van der Waals surface area contributed by atoms with Crippen molar-refractivity contribution in [2.24, 2.45) is 5.92 Å². The minimum absolute atomic E-state index is 0.390. The lowest BCUT2D eigenvalue weighted by Crippen LogP contribution is -2.40. The highest BCUT2D eigenvalue weighted by molar-refractivity contribution is 7.77. The third kappa shape index (κ3) is 5.58. The Balaban J connectivity index is 2.39. The van der Waals surface area contributed by atoms with Gasteiger partial charge in [-0.1, -0.05) is 32.6 Å². The van der Waals surface area contributed by atoms with Gasteiger partial charge in [0, 0.05) is 0 Å². The highest BCUT2D eigenvalue weighted by Gasteiger charge is 2.28. The molecular weight excluding hydrogens is 214 g/mol. The van der Waals surface area contributed by atoms with Gasteiger partial charge in [-0.25, -0.2) is 0 Å². The maximum atomic E-state index is 3.80. The van der Waals surface area contributed by atoms with Gasteiger partial charge in [0.1, 0.15) is 4.75 Å². The van der Waals surface area contributed by atoms with Crippen LogP contribution in [0.2, 0.25) is 0 Å². The minimum atomic E-state index is 0.390. The third-order valence-electron chi connectivity index (χ3n) is 3.38. The zero-order chi connectivity index (χ0) is 12.0. The molecule has 1 rings (SSSR count). The second-order valence-electron chi connectivity index (χ2n) is 6.20. The Morgan fingerprint density at radius 3 is 2.31 bits per heavy atom. The minimum Gasteiger partial charge on any atom is -0.137 e. The average Bonchev–Trinajstić information content (AvgIpc) is 2.24. The Morgan fingerprint density at radius 2 is 1.81 bits per heavy atom. The topological polar surface area (TPSA) is 12.0 Å². The molecule has 0 heterocycles. The van der Waals surface area contributed by atoms with E-state index in [1.54, 1.807) is 0 Å². The van der Waals surface area contributed by atoms with Crippen LogP contribution in [-0.4, -0.2) is 10.8 Å². The van der Waals surface area contributed by atoms with Gasteiger partial charge in [0.05, 0.1) is 18.0 Å². The molecule has 1 aliphatic rings. The molecule has 0 radical (unpaired) electrons. The van der Waals surface area contributed by atoms with Crippen LogP contribution < -0.4 is 4.72 Å². The van der Waals surface area contributed by atoms with E-state index in [0.29, 0.717) is 4.75 Å². The van der Waals surface area contributed by atoms with E-state index in [0.717, 1.165) is 12.0 Å². The molecule has 1 nitrogen and oxygen atoms in total. The lowest BCUT2D eigenvalue weighted by atomic mass is 9.83. The van der Waals surface area contributed by atoms with Crippen molar-refractivity contribution in [2.45, 2.75) is 83.4 Å². The standard InChI is InChI=1S/C14H29NS/c1-5-9-13(15-16-14(2,3)4)12-10-7-6-8-11-12/h12-13,15H,5-11H2,1-4H3/p+1. The summed E-state index contributed by atoms with van der Waals surface area (Å²) in [7, 11) is 0. The fraction of sp³-hybridized carbons (Fsp3) is 1.00. The molecule has 0 saturated heterocycles. The van der Waals surface area contributed by atoms with Gasteiger partial charge < -0.3 is 0 Å². The highest BCUT2D eigenvalue weighted by atomic mass is 32.2. The summed E-state index contributed by atoms with van der Waals surface area (Å²) in [5, 5.41) is 0. The first-order chi connectivity index (χ1) is 7.53. The van der Waals surface area contributed by atoms with Crippen LogP contribution in [0.3, 0.4) is 0 Å². The Hall–Kier alpha value is 0.310. The molecule has 0 bridgehead atoms. The van der Waals surface area contributed by atoms with Crippen LogP contribution in [0.4, 0.5) is 0 Å². The molecule has 0 aromatic carbocycles. The zero-order valence-corrected chi connectivity index (χ0v) is 12.4. The fourth-order valence-corrected chi connectivity index (χ4v) is 3.42. The first-order valence-electron chi connectivity index (χ1n) is 7.00. The predicted octanol–water partition coefficient (Wildman–Crippen LogP) is 3.85. The summed E-state index contributed by atoms with van der Waals surface area (Å²) in [5.74, 6) is 0.948. The van der Waals surface area contributed by atoms with E-state index in [1.165, 1.54) is 56.9 Å². The second kappa shape index (κ2) is 6.90. The lowest BCUT2D eigenvalue weighted by Gasteiger charge is -2.29. The smallest absolute Gasteiger partial charge is 0.136 e. The quantitative estimate of drug-likeness (QED) is 0.572. The summed E-state index contributed by atoms with van der Waals surface area (Å²) in [6.07, 6.45) is 9.96. The van der Waals surface area contributed by atoms with E-state index < -0.39 is 0 Å². The second-order valence-corrected chi connectivity index (χ2v) is 8.03. The molecule has 0 aliphatic heterocycles. The fourth-order valence-electron chi connectivity index (χ4n) is 2.53. The molecule has 0 aromatic heterocycles. The highest BCUT2D eigenvalue weighted by Crippen LogP contribution is 2.28. The molecule has 0 amide bonds. The summed E-state index contributed by atoms with van der Waals surface area (Å²) in [6.45, 7) is 9.24. The van der Waals surface area contributed by atoms with Crippen molar-refractivity contribution >= 4 is 11.9 Å². The number of rotatable bonds is 5.